The highest BCUT2D eigenvalue weighted by Gasteiger charge is 2.10. The Morgan fingerprint density at radius 2 is 1.78 bits per heavy atom. The highest BCUT2D eigenvalue weighted by atomic mass is 16.5. The summed E-state index contributed by atoms with van der Waals surface area (Å²) in [5.41, 5.74) is 4.61. The average molecular weight is 327 g/mol. The van der Waals surface area contributed by atoms with E-state index in [-0.39, 0.29) is 5.69 Å². The van der Waals surface area contributed by atoms with Crippen molar-refractivity contribution in [1.82, 2.24) is 10.0 Å². The molecule has 0 radical (unpaired) electrons. The molecule has 0 atom stereocenters. The predicted octanol–water partition coefficient (Wildman–Crippen LogP) is -0.0224. The fourth-order valence-electron chi connectivity index (χ4n) is 1.77. The molecule has 0 aliphatic heterocycles. The lowest BCUT2D eigenvalue weighted by molar-refractivity contribution is 0.0797. The van der Waals surface area contributed by atoms with Crippen molar-refractivity contribution in [2.24, 2.45) is 5.73 Å². The number of ether oxygens (including phenoxy) is 2. The minimum atomic E-state index is -0.644. The monoisotopic (exact) mass is 327 g/mol. The Morgan fingerprint density at radius 3 is 2.48 bits per heavy atom. The Morgan fingerprint density at radius 1 is 1.13 bits per heavy atom. The second kappa shape index (κ2) is 11.6. The second-order valence-electron chi connectivity index (χ2n) is 4.89. The van der Waals surface area contributed by atoms with Gasteiger partial charge < -0.3 is 25.7 Å². The van der Waals surface area contributed by atoms with Gasteiger partial charge in [0.2, 0.25) is 0 Å². The number of carbonyl (C=O) groups excluding carboxylic acids is 1. The molecule has 1 rings (SSSR count). The Balaban J connectivity index is 2.04. The van der Waals surface area contributed by atoms with Crippen molar-refractivity contribution >= 4 is 5.91 Å². The minimum absolute atomic E-state index is 0.0898. The van der Waals surface area contributed by atoms with Crippen LogP contribution in [0.5, 0.6) is 0 Å². The summed E-state index contributed by atoms with van der Waals surface area (Å²) < 4.78 is 11.1. The molecular weight excluding hydrogens is 302 g/mol. The highest BCUT2D eigenvalue weighted by molar-refractivity contribution is 5.92. The molecule has 8 nitrogen and oxygen atoms in total. The lowest BCUT2D eigenvalue weighted by Crippen LogP contribution is -2.31. The summed E-state index contributed by atoms with van der Waals surface area (Å²) in [6.45, 7) is 3.48. The molecule has 130 valence electrons. The maximum Gasteiger partial charge on any atom is 0.283 e. The SMILES string of the molecule is NCCCOCCCOCCCNC(=O)c1cccc(=O)n1O. The van der Waals surface area contributed by atoms with Gasteiger partial charge in [-0.15, -0.1) is 4.73 Å². The smallest absolute Gasteiger partial charge is 0.283 e. The zero-order valence-electron chi connectivity index (χ0n) is 13.2. The van der Waals surface area contributed by atoms with Crippen molar-refractivity contribution in [1.29, 1.82) is 0 Å². The molecule has 0 fully saturated rings. The van der Waals surface area contributed by atoms with Crippen molar-refractivity contribution in [3.05, 3.63) is 34.2 Å². The van der Waals surface area contributed by atoms with E-state index in [0.29, 0.717) is 50.7 Å². The van der Waals surface area contributed by atoms with Gasteiger partial charge in [-0.2, -0.15) is 0 Å². The molecule has 1 heterocycles. The van der Waals surface area contributed by atoms with Crippen LogP contribution >= 0.6 is 0 Å². The fraction of sp³-hybridized carbons (Fsp3) is 0.600. The van der Waals surface area contributed by atoms with E-state index in [0.717, 1.165) is 12.8 Å². The van der Waals surface area contributed by atoms with Gasteiger partial charge in [0.15, 0.2) is 0 Å². The van der Waals surface area contributed by atoms with Gasteiger partial charge in [-0.3, -0.25) is 9.59 Å². The number of nitrogens with one attached hydrogen (secondary N) is 1. The number of nitrogens with two attached hydrogens (primary N) is 1. The number of hydrogen-bond acceptors (Lipinski definition) is 6. The number of nitrogens with zero attached hydrogens (tertiary/aromatic N) is 1. The number of amides is 1. The van der Waals surface area contributed by atoms with Gasteiger partial charge in [-0.1, -0.05) is 6.07 Å². The van der Waals surface area contributed by atoms with Gasteiger partial charge in [0, 0.05) is 39.0 Å². The molecule has 0 unspecified atom stereocenters. The standard InChI is InChI=1S/C15H25N3O5/c16-7-2-9-22-11-4-12-23-10-3-8-17-15(20)13-5-1-6-14(19)18(13)21/h1,5-6,21H,2-4,7-12,16H2,(H,17,20). The molecule has 0 bridgehead atoms. The van der Waals surface area contributed by atoms with E-state index in [2.05, 4.69) is 5.32 Å². The van der Waals surface area contributed by atoms with Crippen LogP contribution in [0.15, 0.2) is 23.0 Å². The Hall–Kier alpha value is -1.90. The molecular formula is C15H25N3O5. The zero-order valence-corrected chi connectivity index (χ0v) is 13.2. The van der Waals surface area contributed by atoms with E-state index in [4.69, 9.17) is 15.2 Å². The third-order valence-corrected chi connectivity index (χ3v) is 2.98. The largest absolute Gasteiger partial charge is 0.425 e. The predicted molar refractivity (Wildman–Crippen MR) is 84.8 cm³/mol. The van der Waals surface area contributed by atoms with Crippen LogP contribution in [-0.2, 0) is 9.47 Å². The van der Waals surface area contributed by atoms with Crippen LogP contribution in [0.25, 0.3) is 0 Å². The topological polar surface area (TPSA) is 116 Å². The number of carbonyl (C=O) groups is 1. The lowest BCUT2D eigenvalue weighted by Gasteiger charge is -2.08. The summed E-state index contributed by atoms with van der Waals surface area (Å²) in [7, 11) is 0. The van der Waals surface area contributed by atoms with Gasteiger partial charge in [0.05, 0.1) is 0 Å². The first-order valence-corrected chi connectivity index (χ1v) is 7.72. The molecule has 0 saturated carbocycles. The molecule has 0 aromatic carbocycles. The van der Waals surface area contributed by atoms with Crippen LogP contribution in [0.1, 0.15) is 29.8 Å². The molecule has 1 aromatic rings. The van der Waals surface area contributed by atoms with E-state index in [1.54, 1.807) is 0 Å². The third-order valence-electron chi connectivity index (χ3n) is 2.98. The fourth-order valence-corrected chi connectivity index (χ4v) is 1.77. The molecule has 0 spiro atoms. The minimum Gasteiger partial charge on any atom is -0.425 e. The van der Waals surface area contributed by atoms with Gasteiger partial charge in [0.1, 0.15) is 5.69 Å². The molecule has 0 aliphatic carbocycles. The quantitative estimate of drug-likeness (QED) is 0.367. The van der Waals surface area contributed by atoms with Crippen molar-refractivity contribution in [2.45, 2.75) is 19.3 Å². The first-order valence-electron chi connectivity index (χ1n) is 7.72. The van der Waals surface area contributed by atoms with Crippen molar-refractivity contribution < 1.29 is 19.5 Å². The molecule has 8 heteroatoms. The van der Waals surface area contributed by atoms with E-state index in [1.807, 2.05) is 0 Å². The number of aromatic nitrogens is 1. The van der Waals surface area contributed by atoms with Crippen LogP contribution in [-0.4, -0.2) is 55.4 Å². The summed E-state index contributed by atoms with van der Waals surface area (Å²) in [5.74, 6) is -0.501. The van der Waals surface area contributed by atoms with Gasteiger partial charge in [0.25, 0.3) is 11.5 Å². The Labute approximate surface area is 135 Å². The summed E-state index contributed by atoms with van der Waals surface area (Å²) >= 11 is 0. The van der Waals surface area contributed by atoms with Gasteiger partial charge in [-0.25, -0.2) is 0 Å². The molecule has 0 saturated heterocycles. The number of pyridine rings is 1. The molecule has 0 aliphatic rings. The van der Waals surface area contributed by atoms with Crippen molar-refractivity contribution in [2.75, 3.05) is 39.5 Å². The molecule has 1 aromatic heterocycles. The zero-order chi connectivity index (χ0) is 16.9. The maximum absolute atomic E-state index is 11.8. The van der Waals surface area contributed by atoms with E-state index < -0.39 is 11.5 Å². The number of rotatable bonds is 12. The summed E-state index contributed by atoms with van der Waals surface area (Å²) in [6.07, 6.45) is 2.32. The van der Waals surface area contributed by atoms with Crippen LogP contribution in [0.2, 0.25) is 0 Å². The van der Waals surface area contributed by atoms with Crippen molar-refractivity contribution in [3.63, 3.8) is 0 Å². The van der Waals surface area contributed by atoms with Crippen molar-refractivity contribution in [3.8, 4) is 0 Å². The third kappa shape index (κ3) is 7.78. The maximum atomic E-state index is 11.8. The van der Waals surface area contributed by atoms with E-state index in [1.165, 1.54) is 18.2 Å². The van der Waals surface area contributed by atoms with Gasteiger partial charge in [-0.05, 0) is 31.9 Å². The highest BCUT2D eigenvalue weighted by Crippen LogP contribution is 1.94. The normalized spacial score (nSPS) is 10.7. The first kappa shape index (κ1) is 19.1. The van der Waals surface area contributed by atoms with Crippen LogP contribution in [0, 0.1) is 0 Å². The van der Waals surface area contributed by atoms with Crippen LogP contribution < -0.4 is 16.6 Å². The van der Waals surface area contributed by atoms with E-state index in [9.17, 15) is 14.8 Å². The van der Waals surface area contributed by atoms with Crippen LogP contribution in [0.4, 0.5) is 0 Å². The number of hydrogen-bond donors (Lipinski definition) is 3. The average Bonchev–Trinajstić information content (AvgIpc) is 2.55. The second-order valence-corrected chi connectivity index (χ2v) is 4.89. The van der Waals surface area contributed by atoms with Crippen LogP contribution in [0.3, 0.4) is 0 Å². The summed E-state index contributed by atoms with van der Waals surface area (Å²) in [4.78, 5) is 23.0. The Bertz CT molecular complexity index is 518. The molecule has 23 heavy (non-hydrogen) atoms. The molecule has 4 N–H and O–H groups in total. The van der Waals surface area contributed by atoms with E-state index >= 15 is 0 Å². The molecule has 1 amide bonds. The lowest BCUT2D eigenvalue weighted by atomic mass is 10.3. The summed E-state index contributed by atoms with van der Waals surface area (Å²) in [5, 5.41) is 12.1. The first-order chi connectivity index (χ1) is 11.2. The van der Waals surface area contributed by atoms with Gasteiger partial charge >= 0.3 is 0 Å². The summed E-state index contributed by atoms with van der Waals surface area (Å²) in [6, 6.07) is 3.96. The Kier molecular flexibility index (Phi) is 9.69.